The number of amides is 1. The Morgan fingerprint density at radius 3 is 2.75 bits per heavy atom. The van der Waals surface area contributed by atoms with Crippen LogP contribution in [0.2, 0.25) is 0 Å². The van der Waals surface area contributed by atoms with Gasteiger partial charge in [0, 0.05) is 6.04 Å². The van der Waals surface area contributed by atoms with Crippen LogP contribution < -0.4 is 5.32 Å². The summed E-state index contributed by atoms with van der Waals surface area (Å²) in [6, 6.07) is 0.410. The van der Waals surface area contributed by atoms with Crippen molar-refractivity contribution in [3.8, 4) is 0 Å². The second-order valence-electron chi connectivity index (χ2n) is 2.41. The first kappa shape index (κ1) is 5.60. The molecule has 0 bridgehead atoms. The van der Waals surface area contributed by atoms with Gasteiger partial charge in [0.2, 0.25) is 6.41 Å². The molecule has 0 aromatic heterocycles. The van der Waals surface area contributed by atoms with Crippen LogP contribution in [0.15, 0.2) is 0 Å². The molecule has 0 aliphatic heterocycles. The van der Waals surface area contributed by atoms with Gasteiger partial charge in [-0.15, -0.1) is 0 Å². The van der Waals surface area contributed by atoms with Crippen molar-refractivity contribution < 1.29 is 4.79 Å². The summed E-state index contributed by atoms with van der Waals surface area (Å²) < 4.78 is 0. The van der Waals surface area contributed by atoms with Crippen molar-refractivity contribution in [3.05, 3.63) is 0 Å². The molecule has 0 saturated heterocycles. The van der Waals surface area contributed by atoms with Gasteiger partial charge in [0.1, 0.15) is 0 Å². The molecule has 8 heavy (non-hydrogen) atoms. The third-order valence-corrected chi connectivity index (χ3v) is 1.66. The monoisotopic (exact) mass is 113 g/mol. The van der Waals surface area contributed by atoms with Crippen molar-refractivity contribution in [3.63, 3.8) is 0 Å². The lowest BCUT2D eigenvalue weighted by Gasteiger charge is -2.05. The van der Waals surface area contributed by atoms with E-state index < -0.39 is 0 Å². The fourth-order valence-corrected chi connectivity index (χ4v) is 0.840. The smallest absolute Gasteiger partial charge is 0.207 e. The lowest BCUT2D eigenvalue weighted by Crippen LogP contribution is -2.25. The van der Waals surface area contributed by atoms with E-state index in [0.717, 1.165) is 12.3 Å². The van der Waals surface area contributed by atoms with Crippen molar-refractivity contribution >= 4 is 6.41 Å². The van der Waals surface area contributed by atoms with Gasteiger partial charge in [-0.2, -0.15) is 0 Å². The highest BCUT2D eigenvalue weighted by atomic mass is 16.1. The van der Waals surface area contributed by atoms with Crippen molar-refractivity contribution in [2.75, 3.05) is 0 Å². The van der Waals surface area contributed by atoms with Gasteiger partial charge in [0.25, 0.3) is 0 Å². The average Bonchev–Trinajstić information content (AvgIpc) is 2.45. The van der Waals surface area contributed by atoms with E-state index in [0.29, 0.717) is 6.04 Å². The summed E-state index contributed by atoms with van der Waals surface area (Å²) in [7, 11) is 0. The number of carbonyl (C=O) groups is 1. The standard InChI is InChI=1S/C6H11NO/c1-5(7-4-8)6-2-3-6/h4-6H,2-3H2,1H3,(H,7,8)/t5-/m1/s1. The van der Waals surface area contributed by atoms with Gasteiger partial charge in [-0.3, -0.25) is 4.79 Å². The lowest BCUT2D eigenvalue weighted by molar-refractivity contribution is -0.110. The predicted octanol–water partition coefficient (Wildman–Crippen LogP) is 0.531. The zero-order valence-corrected chi connectivity index (χ0v) is 5.05. The highest BCUT2D eigenvalue weighted by Gasteiger charge is 2.27. The molecule has 1 amide bonds. The van der Waals surface area contributed by atoms with E-state index >= 15 is 0 Å². The van der Waals surface area contributed by atoms with Crippen LogP contribution in [-0.2, 0) is 4.79 Å². The SMILES string of the molecule is C[C@@H](NC=O)C1CC1. The number of nitrogens with one attached hydrogen (secondary N) is 1. The number of hydrogen-bond acceptors (Lipinski definition) is 1. The summed E-state index contributed by atoms with van der Waals surface area (Å²) in [5.41, 5.74) is 0. The minimum atomic E-state index is 0.410. The van der Waals surface area contributed by atoms with E-state index in [4.69, 9.17) is 0 Å². The van der Waals surface area contributed by atoms with Crippen LogP contribution in [0.25, 0.3) is 0 Å². The van der Waals surface area contributed by atoms with E-state index in [9.17, 15) is 4.79 Å². The Kier molecular flexibility index (Phi) is 1.51. The second-order valence-corrected chi connectivity index (χ2v) is 2.41. The zero-order valence-electron chi connectivity index (χ0n) is 5.05. The van der Waals surface area contributed by atoms with Gasteiger partial charge >= 0.3 is 0 Å². The van der Waals surface area contributed by atoms with Gasteiger partial charge in [0.15, 0.2) is 0 Å². The van der Waals surface area contributed by atoms with Crippen LogP contribution in [-0.4, -0.2) is 12.5 Å². The topological polar surface area (TPSA) is 29.1 Å². The van der Waals surface area contributed by atoms with Crippen LogP contribution in [0, 0.1) is 5.92 Å². The van der Waals surface area contributed by atoms with Crippen LogP contribution in [0.3, 0.4) is 0 Å². The molecule has 0 radical (unpaired) electrons. The molecule has 2 heteroatoms. The highest BCUT2D eigenvalue weighted by molar-refractivity contribution is 5.46. The molecular formula is C6H11NO. The molecule has 1 saturated carbocycles. The molecule has 0 spiro atoms. The van der Waals surface area contributed by atoms with E-state index in [1.165, 1.54) is 12.8 Å². The van der Waals surface area contributed by atoms with Crippen LogP contribution in [0.1, 0.15) is 19.8 Å². The predicted molar refractivity (Wildman–Crippen MR) is 31.4 cm³/mol. The van der Waals surface area contributed by atoms with Gasteiger partial charge in [0.05, 0.1) is 0 Å². The van der Waals surface area contributed by atoms with Crippen LogP contribution in [0.5, 0.6) is 0 Å². The quantitative estimate of drug-likeness (QED) is 0.531. The third-order valence-electron chi connectivity index (χ3n) is 1.66. The normalized spacial score (nSPS) is 22.1. The molecule has 0 aromatic rings. The van der Waals surface area contributed by atoms with Crippen molar-refractivity contribution in [1.29, 1.82) is 0 Å². The Morgan fingerprint density at radius 1 is 1.75 bits per heavy atom. The van der Waals surface area contributed by atoms with Crippen LogP contribution in [0.4, 0.5) is 0 Å². The molecule has 1 atom stereocenters. The Bertz CT molecular complexity index is 88.5. The summed E-state index contributed by atoms with van der Waals surface area (Å²) in [5, 5.41) is 2.73. The maximum atomic E-state index is 9.84. The molecule has 1 fully saturated rings. The maximum absolute atomic E-state index is 9.84. The van der Waals surface area contributed by atoms with E-state index in [1.54, 1.807) is 0 Å². The van der Waals surface area contributed by atoms with Gasteiger partial charge < -0.3 is 5.32 Å². The number of carbonyl (C=O) groups excluding carboxylic acids is 1. The molecule has 1 aliphatic rings. The van der Waals surface area contributed by atoms with E-state index in [2.05, 4.69) is 5.32 Å². The molecule has 1 aliphatic carbocycles. The van der Waals surface area contributed by atoms with Gasteiger partial charge in [-0.05, 0) is 25.7 Å². The fraction of sp³-hybridized carbons (Fsp3) is 0.833. The van der Waals surface area contributed by atoms with E-state index in [-0.39, 0.29) is 0 Å². The van der Waals surface area contributed by atoms with Gasteiger partial charge in [-0.1, -0.05) is 0 Å². The Hall–Kier alpha value is -0.530. The average molecular weight is 113 g/mol. The Labute approximate surface area is 49.3 Å². The molecule has 0 unspecified atom stereocenters. The first-order valence-electron chi connectivity index (χ1n) is 3.04. The Balaban J connectivity index is 2.12. The lowest BCUT2D eigenvalue weighted by atomic mass is 10.2. The number of hydrogen-bond donors (Lipinski definition) is 1. The summed E-state index contributed by atoms with van der Waals surface area (Å²) >= 11 is 0. The first-order chi connectivity index (χ1) is 3.84. The molecule has 0 aromatic carbocycles. The molecule has 0 heterocycles. The second kappa shape index (κ2) is 2.16. The Morgan fingerprint density at radius 2 is 2.38 bits per heavy atom. The first-order valence-corrected chi connectivity index (χ1v) is 3.04. The molecular weight excluding hydrogens is 102 g/mol. The largest absolute Gasteiger partial charge is 0.356 e. The maximum Gasteiger partial charge on any atom is 0.207 e. The summed E-state index contributed by atoms with van der Waals surface area (Å²) in [6.45, 7) is 2.05. The fourth-order valence-electron chi connectivity index (χ4n) is 0.840. The van der Waals surface area contributed by atoms with Crippen molar-refractivity contribution in [2.45, 2.75) is 25.8 Å². The molecule has 2 nitrogen and oxygen atoms in total. The summed E-state index contributed by atoms with van der Waals surface area (Å²) in [4.78, 5) is 9.84. The molecule has 1 N–H and O–H groups in total. The van der Waals surface area contributed by atoms with Crippen molar-refractivity contribution in [1.82, 2.24) is 5.32 Å². The van der Waals surface area contributed by atoms with Crippen molar-refractivity contribution in [2.24, 2.45) is 5.92 Å². The third kappa shape index (κ3) is 1.22. The minimum absolute atomic E-state index is 0.410. The van der Waals surface area contributed by atoms with E-state index in [1.807, 2.05) is 6.92 Å². The molecule has 1 rings (SSSR count). The highest BCUT2D eigenvalue weighted by Crippen LogP contribution is 2.31. The summed E-state index contributed by atoms with van der Waals surface area (Å²) in [6.07, 6.45) is 3.37. The number of rotatable bonds is 3. The minimum Gasteiger partial charge on any atom is -0.356 e. The van der Waals surface area contributed by atoms with Gasteiger partial charge in [-0.25, -0.2) is 0 Å². The summed E-state index contributed by atoms with van der Waals surface area (Å²) in [5.74, 6) is 0.778. The zero-order chi connectivity index (χ0) is 5.98. The van der Waals surface area contributed by atoms with Crippen LogP contribution >= 0.6 is 0 Å². The molecule has 46 valence electrons.